The fourth-order valence-corrected chi connectivity index (χ4v) is 7.23. The largest absolute Gasteiger partial charge is 0.472 e. The Bertz CT molecular complexity index is 1270. The first-order valence-corrected chi connectivity index (χ1v) is 23.0. The molecule has 0 heterocycles. The van der Waals surface area contributed by atoms with Crippen LogP contribution in [0.15, 0.2) is 12.2 Å². The van der Waals surface area contributed by atoms with Crippen molar-refractivity contribution in [2.75, 3.05) is 13.1 Å². The third-order valence-corrected chi connectivity index (χ3v) is 10.8. The number of aliphatic hydroxyl groups is 5. The molecule has 1 rings (SSSR count). The summed E-state index contributed by atoms with van der Waals surface area (Å²) in [4.78, 5) is 36.4. The van der Waals surface area contributed by atoms with Gasteiger partial charge in [-0.25, -0.2) is 4.57 Å². The number of ether oxygens (including phenoxy) is 2. The average molecular weight is 845 g/mol. The number of phosphoric acid groups is 1. The lowest BCUT2D eigenvalue weighted by Crippen LogP contribution is -2.64. The number of phosphoric ester groups is 1. The van der Waals surface area contributed by atoms with Gasteiger partial charge in [0, 0.05) is 12.8 Å². The maximum absolute atomic E-state index is 13.1. The highest BCUT2D eigenvalue weighted by Gasteiger charge is 2.51. The van der Waals surface area contributed by atoms with E-state index in [2.05, 4.69) is 35.0 Å². The van der Waals surface area contributed by atoms with E-state index < -0.39 is 82.0 Å². The normalized spacial score (nSPS) is 24.9. The van der Waals surface area contributed by atoms with E-state index in [1.807, 2.05) is 0 Å². The first-order valence-electron chi connectivity index (χ1n) is 24.0. The molecule has 15 heteroatoms. The topological polar surface area (TPSA) is 245 Å². The van der Waals surface area contributed by atoms with Gasteiger partial charge in [0.15, 0.2) is 6.08 Å². The van der Waals surface area contributed by atoms with Gasteiger partial charge in [-0.2, -0.15) is 0 Å². The van der Waals surface area contributed by atoms with Crippen LogP contribution in [0.5, 0.6) is 0 Å². The van der Waals surface area contributed by atoms with Crippen molar-refractivity contribution in [3.8, 4) is 0 Å². The first-order chi connectivity index (χ1) is 28.8. The molecule has 8 atom stereocenters. The monoisotopic (exact) mass is 845 g/mol. The molecule has 9 N–H and O–H groups in total. The Balaban J connectivity index is 0.0000372. The van der Waals surface area contributed by atoms with E-state index in [0.29, 0.717) is 12.8 Å². The van der Waals surface area contributed by atoms with Gasteiger partial charge in [-0.15, -0.1) is 0 Å². The molecule has 0 aromatic rings. The number of hydrogen-bond acceptors (Lipinski definition) is 13. The van der Waals surface area contributed by atoms with Gasteiger partial charge < -0.3 is 46.1 Å². The zero-order valence-electron chi connectivity index (χ0n) is 39.9. The van der Waals surface area contributed by atoms with Crippen molar-refractivity contribution < 1.29 is 70.0 Å². The highest BCUT2D eigenvalue weighted by Crippen LogP contribution is 2.47. The Morgan fingerprint density at radius 1 is 0.596 bits per heavy atom. The molecule has 0 spiro atoms. The lowest BCUT2D eigenvalue weighted by atomic mass is 9.85. The summed E-state index contributed by atoms with van der Waals surface area (Å²) in [6.45, 7) is -3.60. The zero-order chi connectivity index (χ0) is 46.0. The predicted octanol–water partition coefficient (Wildman–Crippen LogP) is 8.05. The minimum atomic E-state index is -5.99. The molecule has 0 aliphatic heterocycles. The van der Waals surface area contributed by atoms with Gasteiger partial charge in [0.2, 0.25) is 0 Å². The molecular weight excluding hydrogens is 757 g/mol. The van der Waals surface area contributed by atoms with Crippen molar-refractivity contribution in [2.45, 2.75) is 230 Å². The van der Waals surface area contributed by atoms with Crippen LogP contribution in [0.1, 0.15) is 194 Å². The fraction of sp³-hybridized carbons (Fsp3) is 0.905. The molecule has 14 nitrogen and oxygen atoms in total. The summed E-state index contributed by atoms with van der Waals surface area (Å²) >= 11 is 0. The lowest BCUT2D eigenvalue weighted by molar-refractivity contribution is -0.220. The number of esters is 2. The van der Waals surface area contributed by atoms with Crippen molar-refractivity contribution in [3.63, 3.8) is 0 Å². The van der Waals surface area contributed by atoms with E-state index in [1.165, 1.54) is 77.0 Å². The molecule has 1 fully saturated rings. The summed E-state index contributed by atoms with van der Waals surface area (Å²) < 4.78 is 74.7. The maximum atomic E-state index is 13.1. The van der Waals surface area contributed by atoms with Crippen LogP contribution in [0.4, 0.5) is 0 Å². The average Bonchev–Trinajstić information content (AvgIpc) is 3.19. The van der Waals surface area contributed by atoms with Gasteiger partial charge in [0.1, 0.15) is 43.2 Å². The van der Waals surface area contributed by atoms with Gasteiger partial charge >= 0.3 is 19.8 Å². The van der Waals surface area contributed by atoms with E-state index >= 15 is 0 Å². The Morgan fingerprint density at radius 3 is 1.42 bits per heavy atom. The third-order valence-electron chi connectivity index (χ3n) is 9.93. The van der Waals surface area contributed by atoms with E-state index in [9.17, 15) is 44.6 Å². The Hall–Kier alpha value is -1.45. The van der Waals surface area contributed by atoms with Crippen LogP contribution in [0.2, 0.25) is 0 Å². The summed E-state index contributed by atoms with van der Waals surface area (Å²) in [6, 6.07) is 0. The minimum absolute atomic E-state index is 0. The quantitative estimate of drug-likeness (QED) is 0.0137. The number of aliphatic hydroxyl groups excluding tert-OH is 5. The molecule has 0 amide bonds. The fourth-order valence-electron chi connectivity index (χ4n) is 6.43. The molecule has 0 saturated heterocycles. The molecule has 0 aromatic carbocycles. The molecule has 338 valence electrons. The second-order valence-electron chi connectivity index (χ2n) is 15.0. The number of hydrogen-bond donors (Lipinski definition) is 7. The molecule has 0 aromatic heterocycles. The van der Waals surface area contributed by atoms with E-state index in [4.69, 9.17) is 16.3 Å². The van der Waals surface area contributed by atoms with Crippen molar-refractivity contribution in [3.05, 3.63) is 12.2 Å². The highest BCUT2D eigenvalue weighted by atomic mass is 31.2. The van der Waals surface area contributed by atoms with Gasteiger partial charge in [-0.3, -0.25) is 18.6 Å². The highest BCUT2D eigenvalue weighted by molar-refractivity contribution is 7.47. The second-order valence-corrected chi connectivity index (χ2v) is 16.4. The van der Waals surface area contributed by atoms with Gasteiger partial charge in [0.25, 0.3) is 0 Å². The molecule has 57 heavy (non-hydrogen) atoms. The number of carbonyl (C=O) groups is 2. The van der Waals surface area contributed by atoms with Gasteiger partial charge in [-0.05, 0) is 38.5 Å². The van der Waals surface area contributed by atoms with Crippen LogP contribution in [0.25, 0.3) is 0 Å². The summed E-state index contributed by atoms with van der Waals surface area (Å²) in [5.41, 5.74) is 0. The number of carbonyl (C=O) groups excluding carboxylic acids is 2. The summed E-state index contributed by atoms with van der Waals surface area (Å²) in [6.07, 6.45) is 11.0. The SMILES string of the molecule is N.[2H]C([2H])(OC(=O)CCCCCCCCCCCCCCCC)[C@@]([2H])(OC(=O)CCCCCCC/C=C\CCCCCC)C([2H])([2H])OP(=O)(O)OC1[C@H](O)[C@H](O)C(O)[C@H](O)[C@H]1O. The number of unbranched alkanes of at least 4 members (excludes halogenated alkanes) is 22. The second kappa shape index (κ2) is 35.3. The first kappa shape index (κ1) is 46.6. The lowest BCUT2D eigenvalue weighted by Gasteiger charge is -2.41. The number of allylic oxidation sites excluding steroid dienone is 2. The van der Waals surface area contributed by atoms with Gasteiger partial charge in [-0.1, -0.05) is 148 Å². The zero-order valence-corrected chi connectivity index (χ0v) is 35.8. The van der Waals surface area contributed by atoms with Crippen LogP contribution in [-0.2, 0) is 32.7 Å². The van der Waals surface area contributed by atoms with E-state index in [1.54, 1.807) is 0 Å². The molecule has 0 bridgehead atoms. The maximum Gasteiger partial charge on any atom is 0.472 e. The Labute approximate surface area is 350 Å². The van der Waals surface area contributed by atoms with Crippen LogP contribution in [0, 0.1) is 0 Å². The van der Waals surface area contributed by atoms with Crippen molar-refractivity contribution in [1.29, 1.82) is 0 Å². The molecule has 1 aliphatic carbocycles. The van der Waals surface area contributed by atoms with Crippen molar-refractivity contribution in [1.82, 2.24) is 6.15 Å². The minimum Gasteiger partial charge on any atom is -0.462 e. The van der Waals surface area contributed by atoms with Gasteiger partial charge in [0.05, 0.1) is 13.4 Å². The standard InChI is InChI=1S/C42H79O13P.H3N/c1-3-5-7-9-11-13-15-17-19-20-22-24-26-28-30-35(43)52-32-34(33-53-56(50,51)55-42-40(48)38(46)37(45)39(47)41(42)49)54-36(44)31-29-27-25-23-21-18-16-14-12-10-8-6-4-2;/h14,16,34,37-42,45-49H,3-13,15,17-33H2,1-2H3,(H,50,51);1H3/b16-14-;/t34-,37?,38-,39+,40-,41-,42?;/m1./s1/i32D2,33D2,34D;. The molecule has 1 aliphatic rings. The van der Waals surface area contributed by atoms with E-state index in [-0.39, 0.29) is 25.4 Å². The van der Waals surface area contributed by atoms with Crippen LogP contribution < -0.4 is 6.15 Å². The van der Waals surface area contributed by atoms with Crippen molar-refractivity contribution in [2.24, 2.45) is 0 Å². The molecule has 1 saturated carbocycles. The van der Waals surface area contributed by atoms with Crippen LogP contribution in [0.3, 0.4) is 0 Å². The summed E-state index contributed by atoms with van der Waals surface area (Å²) in [5, 5.41) is 50.3. The molecule has 0 radical (unpaired) electrons. The summed E-state index contributed by atoms with van der Waals surface area (Å²) in [5.74, 6) is -2.50. The van der Waals surface area contributed by atoms with Crippen molar-refractivity contribution >= 4 is 19.8 Å². The Kier molecular flexibility index (Phi) is 28.9. The van der Waals surface area contributed by atoms with Crippen LogP contribution in [-0.4, -0.2) is 98.2 Å². The third kappa shape index (κ3) is 27.8. The molecule has 3 unspecified atom stereocenters. The van der Waals surface area contributed by atoms with E-state index in [0.717, 1.165) is 57.8 Å². The summed E-state index contributed by atoms with van der Waals surface area (Å²) in [7, 11) is -5.99. The van der Waals surface area contributed by atoms with Crippen LogP contribution >= 0.6 is 7.82 Å². The smallest absolute Gasteiger partial charge is 0.462 e. The number of rotatable bonds is 36. The Morgan fingerprint density at radius 2 is 0.965 bits per heavy atom. The molecular formula is C42H82NO13P. The predicted molar refractivity (Wildman–Crippen MR) is 222 cm³/mol.